The second kappa shape index (κ2) is 4.90. The molecule has 1 heterocycles. The molecule has 0 aliphatic rings. The fourth-order valence-electron chi connectivity index (χ4n) is 1.89. The topological polar surface area (TPSA) is 38.9 Å². The van der Waals surface area contributed by atoms with Crippen LogP contribution in [0.25, 0.3) is 10.9 Å². The molecule has 0 saturated heterocycles. The number of benzene rings is 2. The first kappa shape index (κ1) is 12.0. The summed E-state index contributed by atoms with van der Waals surface area (Å²) in [7, 11) is 0. The summed E-state index contributed by atoms with van der Waals surface area (Å²) >= 11 is 1.48. The number of nitrogens with two attached hydrogens (primary N) is 1. The van der Waals surface area contributed by atoms with Crippen molar-refractivity contribution >= 4 is 28.4 Å². The first-order chi connectivity index (χ1) is 9.22. The van der Waals surface area contributed by atoms with Crippen LogP contribution in [-0.2, 0) is 0 Å². The number of fused-ring (bicyclic) bond motifs is 1. The number of rotatable bonds is 2. The van der Waals surface area contributed by atoms with E-state index in [1.165, 1.54) is 23.9 Å². The summed E-state index contributed by atoms with van der Waals surface area (Å²) in [5, 5.41) is 0.987. The Morgan fingerprint density at radius 2 is 1.84 bits per heavy atom. The maximum absolute atomic E-state index is 13.1. The maximum atomic E-state index is 13.1. The lowest BCUT2D eigenvalue weighted by Gasteiger charge is -2.05. The summed E-state index contributed by atoms with van der Waals surface area (Å²) in [6.45, 7) is 0. The maximum Gasteiger partial charge on any atom is 0.124 e. The number of halogens is 1. The number of hydrogen-bond acceptors (Lipinski definition) is 3. The zero-order valence-corrected chi connectivity index (χ0v) is 10.8. The fourth-order valence-corrected chi connectivity index (χ4v) is 2.77. The molecule has 0 aliphatic carbocycles. The van der Waals surface area contributed by atoms with Crippen molar-refractivity contribution < 1.29 is 4.39 Å². The van der Waals surface area contributed by atoms with Crippen molar-refractivity contribution in [3.63, 3.8) is 0 Å². The zero-order chi connectivity index (χ0) is 13.2. The van der Waals surface area contributed by atoms with Crippen LogP contribution >= 0.6 is 11.8 Å². The van der Waals surface area contributed by atoms with Crippen molar-refractivity contribution in [1.82, 2.24) is 4.98 Å². The molecule has 94 valence electrons. The van der Waals surface area contributed by atoms with Gasteiger partial charge in [-0.05, 0) is 30.3 Å². The van der Waals surface area contributed by atoms with E-state index in [-0.39, 0.29) is 5.82 Å². The third kappa shape index (κ3) is 2.53. The van der Waals surface area contributed by atoms with E-state index < -0.39 is 0 Å². The number of nitrogens with zero attached hydrogens (tertiary/aromatic N) is 1. The third-order valence-electron chi connectivity index (χ3n) is 2.75. The van der Waals surface area contributed by atoms with E-state index in [0.717, 1.165) is 20.7 Å². The van der Waals surface area contributed by atoms with Gasteiger partial charge in [0, 0.05) is 21.4 Å². The predicted octanol–water partition coefficient (Wildman–Crippen LogP) is 4.11. The second-order valence-electron chi connectivity index (χ2n) is 4.15. The first-order valence-electron chi connectivity index (χ1n) is 5.80. The molecular formula is C15H11FN2S. The summed E-state index contributed by atoms with van der Waals surface area (Å²) < 4.78 is 13.1. The van der Waals surface area contributed by atoms with Crippen LogP contribution in [0, 0.1) is 5.82 Å². The fraction of sp³-hybridized carbons (Fsp3) is 0. The Kier molecular flexibility index (Phi) is 3.09. The number of pyridine rings is 1. The lowest BCUT2D eigenvalue weighted by Crippen LogP contribution is -1.89. The molecule has 2 nitrogen and oxygen atoms in total. The minimum atomic E-state index is -0.233. The number of anilines is 1. The molecule has 0 aliphatic heterocycles. The van der Waals surface area contributed by atoms with Crippen molar-refractivity contribution in [1.29, 1.82) is 0 Å². The van der Waals surface area contributed by atoms with Crippen LogP contribution in [0.3, 0.4) is 0 Å². The SMILES string of the molecule is Nc1cccc2cc(Sc3cccc(F)c3)cnc12. The average molecular weight is 270 g/mol. The number of hydrogen-bond donors (Lipinski definition) is 1. The summed E-state index contributed by atoms with van der Waals surface area (Å²) in [5.74, 6) is -0.233. The molecule has 3 aromatic rings. The summed E-state index contributed by atoms with van der Waals surface area (Å²) in [4.78, 5) is 6.17. The normalized spacial score (nSPS) is 10.8. The molecule has 3 rings (SSSR count). The molecule has 0 fully saturated rings. The lowest BCUT2D eigenvalue weighted by molar-refractivity contribution is 0.624. The second-order valence-corrected chi connectivity index (χ2v) is 5.30. The molecular weight excluding hydrogens is 259 g/mol. The van der Waals surface area contributed by atoms with E-state index in [4.69, 9.17) is 5.73 Å². The van der Waals surface area contributed by atoms with Crippen molar-refractivity contribution in [2.45, 2.75) is 9.79 Å². The van der Waals surface area contributed by atoms with Gasteiger partial charge in [-0.3, -0.25) is 4.98 Å². The van der Waals surface area contributed by atoms with Gasteiger partial charge in [-0.2, -0.15) is 0 Å². The van der Waals surface area contributed by atoms with Crippen molar-refractivity contribution in [3.05, 3.63) is 60.5 Å². The first-order valence-corrected chi connectivity index (χ1v) is 6.62. The molecule has 0 unspecified atom stereocenters. The van der Waals surface area contributed by atoms with Crippen LogP contribution in [-0.4, -0.2) is 4.98 Å². The number of para-hydroxylation sites is 1. The van der Waals surface area contributed by atoms with E-state index in [2.05, 4.69) is 4.98 Å². The molecule has 4 heteroatoms. The highest BCUT2D eigenvalue weighted by Gasteiger charge is 2.03. The third-order valence-corrected chi connectivity index (χ3v) is 3.70. The highest BCUT2D eigenvalue weighted by Crippen LogP contribution is 2.30. The smallest absolute Gasteiger partial charge is 0.124 e. The average Bonchev–Trinajstić information content (AvgIpc) is 2.39. The van der Waals surface area contributed by atoms with Crippen LogP contribution in [0.2, 0.25) is 0 Å². The Labute approximate surface area is 114 Å². The Balaban J connectivity index is 1.98. The molecule has 2 aromatic carbocycles. The standard InChI is InChI=1S/C15H11FN2S/c16-11-4-2-5-12(8-11)19-13-7-10-3-1-6-14(17)15(10)18-9-13/h1-9H,17H2. The molecule has 0 bridgehead atoms. The largest absolute Gasteiger partial charge is 0.397 e. The molecule has 0 saturated carbocycles. The van der Waals surface area contributed by atoms with Gasteiger partial charge in [-0.15, -0.1) is 0 Å². The molecule has 0 atom stereocenters. The summed E-state index contributed by atoms with van der Waals surface area (Å²) in [6, 6.07) is 14.2. The van der Waals surface area contributed by atoms with Gasteiger partial charge in [-0.25, -0.2) is 4.39 Å². The van der Waals surface area contributed by atoms with Gasteiger partial charge in [0.1, 0.15) is 5.82 Å². The van der Waals surface area contributed by atoms with Crippen molar-refractivity contribution in [2.75, 3.05) is 5.73 Å². The Morgan fingerprint density at radius 1 is 1.00 bits per heavy atom. The van der Waals surface area contributed by atoms with E-state index in [9.17, 15) is 4.39 Å². The van der Waals surface area contributed by atoms with Crippen molar-refractivity contribution in [2.24, 2.45) is 0 Å². The highest BCUT2D eigenvalue weighted by atomic mass is 32.2. The molecule has 0 amide bonds. The molecule has 0 radical (unpaired) electrons. The lowest BCUT2D eigenvalue weighted by atomic mass is 10.2. The van der Waals surface area contributed by atoms with E-state index in [1.54, 1.807) is 12.3 Å². The molecule has 2 N–H and O–H groups in total. The van der Waals surface area contributed by atoms with Gasteiger partial charge in [0.15, 0.2) is 0 Å². The van der Waals surface area contributed by atoms with Gasteiger partial charge in [0.25, 0.3) is 0 Å². The van der Waals surface area contributed by atoms with Crippen LogP contribution in [0.15, 0.2) is 64.5 Å². The summed E-state index contributed by atoms with van der Waals surface area (Å²) in [6.07, 6.45) is 1.76. The quantitative estimate of drug-likeness (QED) is 0.712. The van der Waals surface area contributed by atoms with Gasteiger partial charge in [0.05, 0.1) is 11.2 Å². The van der Waals surface area contributed by atoms with Gasteiger partial charge < -0.3 is 5.73 Å². The van der Waals surface area contributed by atoms with Gasteiger partial charge in [-0.1, -0.05) is 30.0 Å². The monoisotopic (exact) mass is 270 g/mol. The Hall–Kier alpha value is -2.07. The Morgan fingerprint density at radius 3 is 2.68 bits per heavy atom. The van der Waals surface area contributed by atoms with Gasteiger partial charge >= 0.3 is 0 Å². The predicted molar refractivity (Wildman–Crippen MR) is 76.7 cm³/mol. The summed E-state index contributed by atoms with van der Waals surface area (Å²) in [5.41, 5.74) is 7.32. The molecule has 0 spiro atoms. The van der Waals surface area contributed by atoms with Crippen LogP contribution in [0.1, 0.15) is 0 Å². The Bertz CT molecular complexity index is 743. The van der Waals surface area contributed by atoms with Gasteiger partial charge in [0.2, 0.25) is 0 Å². The minimum absolute atomic E-state index is 0.233. The van der Waals surface area contributed by atoms with E-state index >= 15 is 0 Å². The highest BCUT2D eigenvalue weighted by molar-refractivity contribution is 7.99. The number of nitrogen functional groups attached to an aromatic ring is 1. The van der Waals surface area contributed by atoms with Crippen LogP contribution in [0.5, 0.6) is 0 Å². The van der Waals surface area contributed by atoms with Crippen molar-refractivity contribution in [3.8, 4) is 0 Å². The van der Waals surface area contributed by atoms with Crippen LogP contribution in [0.4, 0.5) is 10.1 Å². The van der Waals surface area contributed by atoms with E-state index in [1.807, 2.05) is 30.3 Å². The van der Waals surface area contributed by atoms with Crippen LogP contribution < -0.4 is 5.73 Å². The molecule has 1 aromatic heterocycles. The van der Waals surface area contributed by atoms with E-state index in [0.29, 0.717) is 5.69 Å². The number of aromatic nitrogens is 1. The zero-order valence-electron chi connectivity index (χ0n) is 10.0. The minimum Gasteiger partial charge on any atom is -0.397 e. The molecule has 19 heavy (non-hydrogen) atoms.